The van der Waals surface area contributed by atoms with E-state index in [1.165, 1.54) is 16.5 Å². The molecule has 1 aliphatic heterocycles. The van der Waals surface area contributed by atoms with Gasteiger partial charge < -0.3 is 10.7 Å². The van der Waals surface area contributed by atoms with E-state index in [0.717, 1.165) is 49.3 Å². The number of nitrogens with one attached hydrogen (secondary N) is 1. The largest absolute Gasteiger partial charge is 0.330 e. The van der Waals surface area contributed by atoms with Gasteiger partial charge >= 0.3 is 0 Å². The van der Waals surface area contributed by atoms with Crippen molar-refractivity contribution in [3.05, 3.63) is 64.5 Å². The van der Waals surface area contributed by atoms with Crippen LogP contribution in [0.25, 0.3) is 22.6 Å². The van der Waals surface area contributed by atoms with Gasteiger partial charge in [0.25, 0.3) is 5.56 Å². The molecular formula is C20H22FN5O. The van der Waals surface area contributed by atoms with Crippen LogP contribution in [0.15, 0.2) is 47.5 Å². The summed E-state index contributed by atoms with van der Waals surface area (Å²) in [4.78, 5) is 22.8. The lowest BCUT2D eigenvalue weighted by Gasteiger charge is -2.25. The molecule has 0 radical (unpaired) electrons. The Hall–Kier alpha value is -2.77. The number of benzene rings is 1. The number of aromatic amines is 1. The summed E-state index contributed by atoms with van der Waals surface area (Å²) in [6.07, 6.45) is 7.28. The van der Waals surface area contributed by atoms with Crippen molar-refractivity contribution < 1.29 is 4.39 Å². The SMILES string of the molecule is NCCCN1CC=C(c2cnc3[nH]c(-c4ccc(F)cc4)cn3c2=O)CC1. The first kappa shape index (κ1) is 17.6. The van der Waals surface area contributed by atoms with Crippen molar-refractivity contribution >= 4 is 11.4 Å². The number of nitrogens with zero attached hydrogens (tertiary/aromatic N) is 3. The van der Waals surface area contributed by atoms with E-state index >= 15 is 0 Å². The van der Waals surface area contributed by atoms with Crippen LogP contribution in [-0.4, -0.2) is 45.4 Å². The number of imidazole rings is 1. The van der Waals surface area contributed by atoms with E-state index in [1.807, 2.05) is 0 Å². The lowest BCUT2D eigenvalue weighted by atomic mass is 10.0. The third kappa shape index (κ3) is 3.56. The summed E-state index contributed by atoms with van der Waals surface area (Å²) < 4.78 is 14.7. The van der Waals surface area contributed by atoms with Gasteiger partial charge in [-0.05, 0) is 61.3 Å². The minimum absolute atomic E-state index is 0.0914. The fourth-order valence-electron chi connectivity index (χ4n) is 3.43. The van der Waals surface area contributed by atoms with Gasteiger partial charge in [-0.25, -0.2) is 9.37 Å². The fraction of sp³-hybridized carbons (Fsp3) is 0.300. The molecular weight excluding hydrogens is 345 g/mol. The smallest absolute Gasteiger partial charge is 0.266 e. The van der Waals surface area contributed by atoms with E-state index in [-0.39, 0.29) is 11.4 Å². The molecule has 0 amide bonds. The Morgan fingerprint density at radius 2 is 2.07 bits per heavy atom. The normalized spacial score (nSPS) is 15.3. The minimum Gasteiger partial charge on any atom is -0.330 e. The first-order valence-corrected chi connectivity index (χ1v) is 9.14. The van der Waals surface area contributed by atoms with Gasteiger partial charge in [-0.3, -0.25) is 14.1 Å². The molecule has 3 N–H and O–H groups in total. The monoisotopic (exact) mass is 367 g/mol. The topological polar surface area (TPSA) is 79.4 Å². The number of H-pyrrole nitrogens is 1. The van der Waals surface area contributed by atoms with Gasteiger partial charge in [0.1, 0.15) is 5.82 Å². The molecule has 1 aliphatic rings. The molecule has 0 saturated carbocycles. The fourth-order valence-corrected chi connectivity index (χ4v) is 3.43. The Morgan fingerprint density at radius 1 is 1.26 bits per heavy atom. The minimum atomic E-state index is -0.294. The number of hydrogen-bond acceptors (Lipinski definition) is 4. The lowest BCUT2D eigenvalue weighted by molar-refractivity contribution is 0.299. The standard InChI is InChI=1S/C20H22FN5O/c21-16-4-2-15(3-5-16)18-13-26-19(27)17(12-23-20(26)24-18)14-6-10-25(11-7-14)9-1-8-22/h2-6,12-13H,1,7-11,22H2,(H,23,24). The third-order valence-corrected chi connectivity index (χ3v) is 4.97. The zero-order valence-corrected chi connectivity index (χ0v) is 15.0. The number of fused-ring (bicyclic) bond motifs is 1. The summed E-state index contributed by atoms with van der Waals surface area (Å²) >= 11 is 0. The number of rotatable bonds is 5. The molecule has 0 bridgehead atoms. The van der Waals surface area contributed by atoms with Crippen LogP contribution in [0.3, 0.4) is 0 Å². The average molecular weight is 367 g/mol. The molecule has 2 aromatic heterocycles. The van der Waals surface area contributed by atoms with Crippen LogP contribution in [0, 0.1) is 5.82 Å². The predicted octanol–water partition coefficient (Wildman–Crippen LogP) is 2.27. The van der Waals surface area contributed by atoms with Gasteiger partial charge in [0, 0.05) is 25.5 Å². The Labute approximate surface area is 156 Å². The Kier molecular flexibility index (Phi) is 4.87. The second-order valence-corrected chi connectivity index (χ2v) is 6.77. The van der Waals surface area contributed by atoms with E-state index in [0.29, 0.717) is 17.9 Å². The first-order chi connectivity index (χ1) is 13.2. The molecule has 0 unspecified atom stereocenters. The van der Waals surface area contributed by atoms with Gasteiger partial charge in [0.05, 0.1) is 11.3 Å². The van der Waals surface area contributed by atoms with Crippen LogP contribution in [-0.2, 0) is 0 Å². The number of hydrogen-bond donors (Lipinski definition) is 2. The van der Waals surface area contributed by atoms with Crippen LogP contribution in [0.1, 0.15) is 18.4 Å². The van der Waals surface area contributed by atoms with Crippen LogP contribution >= 0.6 is 0 Å². The van der Waals surface area contributed by atoms with Crippen LogP contribution < -0.4 is 11.3 Å². The van der Waals surface area contributed by atoms with Crippen molar-refractivity contribution in [2.24, 2.45) is 5.73 Å². The lowest BCUT2D eigenvalue weighted by Crippen LogP contribution is -2.31. The highest BCUT2D eigenvalue weighted by Crippen LogP contribution is 2.21. The molecule has 0 fully saturated rings. The highest BCUT2D eigenvalue weighted by Gasteiger charge is 2.17. The van der Waals surface area contributed by atoms with Gasteiger partial charge in [-0.1, -0.05) is 6.08 Å². The maximum absolute atomic E-state index is 13.1. The van der Waals surface area contributed by atoms with Crippen molar-refractivity contribution in [1.29, 1.82) is 0 Å². The molecule has 6 nitrogen and oxygen atoms in total. The summed E-state index contributed by atoms with van der Waals surface area (Å²) in [7, 11) is 0. The maximum atomic E-state index is 13.1. The summed E-state index contributed by atoms with van der Waals surface area (Å²) in [5, 5.41) is 0. The Bertz CT molecular complexity index is 1030. The molecule has 27 heavy (non-hydrogen) atoms. The molecule has 3 aromatic rings. The highest BCUT2D eigenvalue weighted by molar-refractivity contribution is 5.67. The van der Waals surface area contributed by atoms with Crippen molar-refractivity contribution in [1.82, 2.24) is 19.3 Å². The van der Waals surface area contributed by atoms with Crippen LogP contribution in [0.4, 0.5) is 4.39 Å². The molecule has 0 aliphatic carbocycles. The van der Waals surface area contributed by atoms with E-state index in [1.54, 1.807) is 24.5 Å². The summed E-state index contributed by atoms with van der Waals surface area (Å²) in [6, 6.07) is 6.13. The van der Waals surface area contributed by atoms with Gasteiger partial charge in [0.2, 0.25) is 5.78 Å². The van der Waals surface area contributed by atoms with E-state index < -0.39 is 0 Å². The second-order valence-electron chi connectivity index (χ2n) is 6.77. The molecule has 3 heterocycles. The molecule has 0 atom stereocenters. The zero-order chi connectivity index (χ0) is 18.8. The summed E-state index contributed by atoms with van der Waals surface area (Å²) in [5.74, 6) is 0.182. The average Bonchev–Trinajstić information content (AvgIpc) is 3.13. The van der Waals surface area contributed by atoms with Crippen molar-refractivity contribution in [3.8, 4) is 11.3 Å². The number of halogens is 1. The summed E-state index contributed by atoms with van der Waals surface area (Å²) in [6.45, 7) is 3.42. The number of nitrogens with two attached hydrogens (primary N) is 1. The molecule has 0 spiro atoms. The van der Waals surface area contributed by atoms with Crippen molar-refractivity contribution in [2.75, 3.05) is 26.2 Å². The van der Waals surface area contributed by atoms with Gasteiger partial charge in [-0.15, -0.1) is 0 Å². The van der Waals surface area contributed by atoms with Gasteiger partial charge in [0.15, 0.2) is 0 Å². The summed E-state index contributed by atoms with van der Waals surface area (Å²) in [5.41, 5.74) is 8.68. The highest BCUT2D eigenvalue weighted by atomic mass is 19.1. The second kappa shape index (κ2) is 7.46. The molecule has 0 saturated heterocycles. The van der Waals surface area contributed by atoms with Crippen LogP contribution in [0.2, 0.25) is 0 Å². The zero-order valence-electron chi connectivity index (χ0n) is 15.0. The predicted molar refractivity (Wildman–Crippen MR) is 104 cm³/mol. The maximum Gasteiger partial charge on any atom is 0.266 e. The Morgan fingerprint density at radius 3 is 2.78 bits per heavy atom. The molecule has 4 rings (SSSR count). The molecule has 7 heteroatoms. The third-order valence-electron chi connectivity index (χ3n) is 4.97. The van der Waals surface area contributed by atoms with E-state index in [4.69, 9.17) is 5.73 Å². The van der Waals surface area contributed by atoms with E-state index in [2.05, 4.69) is 20.9 Å². The Balaban J connectivity index is 1.64. The number of aromatic nitrogens is 3. The first-order valence-electron chi connectivity index (χ1n) is 9.14. The molecule has 1 aromatic carbocycles. The van der Waals surface area contributed by atoms with Gasteiger partial charge in [-0.2, -0.15) is 0 Å². The molecule has 140 valence electrons. The van der Waals surface area contributed by atoms with Crippen LogP contribution in [0.5, 0.6) is 0 Å². The van der Waals surface area contributed by atoms with Crippen molar-refractivity contribution in [3.63, 3.8) is 0 Å². The van der Waals surface area contributed by atoms with E-state index in [9.17, 15) is 9.18 Å². The quantitative estimate of drug-likeness (QED) is 0.725. The van der Waals surface area contributed by atoms with Crippen molar-refractivity contribution in [2.45, 2.75) is 12.8 Å².